The molecule has 22 heavy (non-hydrogen) atoms. The average molecular weight is 328 g/mol. The molecule has 1 saturated heterocycles. The number of amides is 2. The number of hydrogen-bond acceptors (Lipinski definition) is 4. The van der Waals surface area contributed by atoms with E-state index in [1.165, 1.54) is 12.1 Å². The number of benzene rings is 1. The molecule has 0 aliphatic carbocycles. The standard InChI is InChI=1S/C13H14ClN3O5/c14-11-7-9(17(21)22)1-2-10(11)12(18)16-5-3-8(4-6-16)15-13(19)20/h1-2,7-8,15H,3-6H2,(H,19,20). The van der Waals surface area contributed by atoms with Crippen molar-refractivity contribution >= 4 is 29.3 Å². The number of halogens is 1. The maximum atomic E-state index is 12.4. The number of carbonyl (C=O) groups excluding carboxylic acids is 1. The molecule has 0 unspecified atom stereocenters. The highest BCUT2D eigenvalue weighted by Crippen LogP contribution is 2.24. The molecule has 118 valence electrons. The lowest BCUT2D eigenvalue weighted by Crippen LogP contribution is -2.46. The molecule has 9 heteroatoms. The van der Waals surface area contributed by atoms with Crippen LogP contribution in [-0.2, 0) is 0 Å². The molecular formula is C13H14ClN3O5. The highest BCUT2D eigenvalue weighted by Gasteiger charge is 2.26. The summed E-state index contributed by atoms with van der Waals surface area (Å²) in [5.74, 6) is -0.311. The number of likely N-dealkylation sites (tertiary alicyclic amines) is 1. The number of nitro groups is 1. The third-order valence-corrected chi connectivity index (χ3v) is 3.82. The zero-order valence-corrected chi connectivity index (χ0v) is 12.2. The monoisotopic (exact) mass is 327 g/mol. The maximum absolute atomic E-state index is 12.4. The zero-order valence-electron chi connectivity index (χ0n) is 11.5. The molecule has 1 aromatic rings. The van der Waals surface area contributed by atoms with Crippen LogP contribution in [-0.4, -0.2) is 46.1 Å². The van der Waals surface area contributed by atoms with Crippen LogP contribution in [0.4, 0.5) is 10.5 Å². The number of nitrogens with zero attached hydrogens (tertiary/aromatic N) is 2. The van der Waals surface area contributed by atoms with Crippen LogP contribution >= 0.6 is 11.6 Å². The number of rotatable bonds is 3. The Morgan fingerprint density at radius 2 is 2.00 bits per heavy atom. The van der Waals surface area contributed by atoms with E-state index in [1.807, 2.05) is 0 Å². The van der Waals surface area contributed by atoms with Crippen molar-refractivity contribution in [3.63, 3.8) is 0 Å². The van der Waals surface area contributed by atoms with E-state index in [4.69, 9.17) is 16.7 Å². The van der Waals surface area contributed by atoms with E-state index in [-0.39, 0.29) is 28.2 Å². The first-order valence-electron chi connectivity index (χ1n) is 6.61. The smallest absolute Gasteiger partial charge is 0.404 e. The van der Waals surface area contributed by atoms with Gasteiger partial charge in [0.2, 0.25) is 0 Å². The minimum atomic E-state index is -1.08. The van der Waals surface area contributed by atoms with Crippen molar-refractivity contribution in [2.45, 2.75) is 18.9 Å². The molecule has 2 amide bonds. The van der Waals surface area contributed by atoms with Gasteiger partial charge in [0.15, 0.2) is 0 Å². The van der Waals surface area contributed by atoms with Crippen LogP contribution in [0, 0.1) is 10.1 Å². The lowest BCUT2D eigenvalue weighted by Gasteiger charge is -2.32. The number of piperidine rings is 1. The molecule has 1 aliphatic heterocycles. The van der Waals surface area contributed by atoms with Gasteiger partial charge in [0.25, 0.3) is 11.6 Å². The quantitative estimate of drug-likeness (QED) is 0.652. The molecule has 2 N–H and O–H groups in total. The van der Waals surface area contributed by atoms with E-state index in [9.17, 15) is 19.7 Å². The number of nitrogens with one attached hydrogen (secondary N) is 1. The Balaban J connectivity index is 2.04. The van der Waals surface area contributed by atoms with Crippen molar-refractivity contribution in [3.8, 4) is 0 Å². The van der Waals surface area contributed by atoms with Gasteiger partial charge in [-0.05, 0) is 18.9 Å². The van der Waals surface area contributed by atoms with Gasteiger partial charge >= 0.3 is 6.09 Å². The van der Waals surface area contributed by atoms with Crippen LogP contribution in [0.1, 0.15) is 23.2 Å². The molecule has 1 heterocycles. The van der Waals surface area contributed by atoms with Gasteiger partial charge in [0.1, 0.15) is 0 Å². The van der Waals surface area contributed by atoms with Crippen molar-refractivity contribution in [3.05, 3.63) is 38.9 Å². The Labute approximate surface area is 130 Å². The van der Waals surface area contributed by atoms with Crippen LogP contribution in [0.5, 0.6) is 0 Å². The van der Waals surface area contributed by atoms with Crippen molar-refractivity contribution in [1.82, 2.24) is 10.2 Å². The molecule has 0 aromatic heterocycles. The SMILES string of the molecule is O=C(O)NC1CCN(C(=O)c2ccc([N+](=O)[O-])cc2Cl)CC1. The fourth-order valence-electron chi connectivity index (χ4n) is 2.36. The van der Waals surface area contributed by atoms with E-state index in [2.05, 4.69) is 5.32 Å². The van der Waals surface area contributed by atoms with Gasteiger partial charge < -0.3 is 15.3 Å². The van der Waals surface area contributed by atoms with Crippen LogP contribution < -0.4 is 5.32 Å². The topological polar surface area (TPSA) is 113 Å². The Bertz CT molecular complexity index is 614. The molecule has 0 spiro atoms. The molecular weight excluding hydrogens is 314 g/mol. The zero-order chi connectivity index (χ0) is 16.3. The molecule has 0 radical (unpaired) electrons. The normalized spacial score (nSPS) is 15.4. The number of carbonyl (C=O) groups is 2. The Morgan fingerprint density at radius 3 is 2.50 bits per heavy atom. The van der Waals surface area contributed by atoms with Gasteiger partial charge in [-0.1, -0.05) is 11.6 Å². The minimum Gasteiger partial charge on any atom is -0.465 e. The number of carboxylic acid groups (broad SMARTS) is 1. The molecule has 1 aromatic carbocycles. The summed E-state index contributed by atoms with van der Waals surface area (Å²) in [6.07, 6.45) is -0.0474. The van der Waals surface area contributed by atoms with E-state index in [0.717, 1.165) is 6.07 Å². The summed E-state index contributed by atoms with van der Waals surface area (Å²) in [6.45, 7) is 0.800. The van der Waals surface area contributed by atoms with E-state index < -0.39 is 11.0 Å². The average Bonchev–Trinajstić information content (AvgIpc) is 2.46. The van der Waals surface area contributed by atoms with Gasteiger partial charge in [-0.15, -0.1) is 0 Å². The van der Waals surface area contributed by atoms with Gasteiger partial charge in [-0.2, -0.15) is 0 Å². The molecule has 0 atom stereocenters. The molecule has 0 saturated carbocycles. The second-order valence-electron chi connectivity index (χ2n) is 4.94. The van der Waals surface area contributed by atoms with Gasteiger partial charge in [0, 0.05) is 31.3 Å². The maximum Gasteiger partial charge on any atom is 0.404 e. The Kier molecular flexibility index (Phi) is 4.81. The first-order valence-corrected chi connectivity index (χ1v) is 6.99. The third kappa shape index (κ3) is 3.64. The summed E-state index contributed by atoms with van der Waals surface area (Å²) < 4.78 is 0. The second-order valence-corrected chi connectivity index (χ2v) is 5.34. The van der Waals surface area contributed by atoms with E-state index in [0.29, 0.717) is 25.9 Å². The molecule has 2 rings (SSSR count). The predicted molar refractivity (Wildman–Crippen MR) is 78.2 cm³/mol. The fourth-order valence-corrected chi connectivity index (χ4v) is 2.62. The van der Waals surface area contributed by atoms with Crippen LogP contribution in [0.2, 0.25) is 5.02 Å². The second kappa shape index (κ2) is 6.61. The summed E-state index contributed by atoms with van der Waals surface area (Å²) in [5, 5.41) is 21.7. The molecule has 1 fully saturated rings. The van der Waals surface area contributed by atoms with E-state index in [1.54, 1.807) is 4.90 Å². The van der Waals surface area contributed by atoms with Crippen molar-refractivity contribution in [2.24, 2.45) is 0 Å². The summed E-state index contributed by atoms with van der Waals surface area (Å²) in [6, 6.07) is 3.55. The summed E-state index contributed by atoms with van der Waals surface area (Å²) in [4.78, 5) is 34.6. The fraction of sp³-hybridized carbons (Fsp3) is 0.385. The van der Waals surface area contributed by atoms with Gasteiger partial charge in [-0.25, -0.2) is 4.79 Å². The first kappa shape index (κ1) is 16.0. The van der Waals surface area contributed by atoms with E-state index >= 15 is 0 Å². The lowest BCUT2D eigenvalue weighted by molar-refractivity contribution is -0.384. The number of hydrogen-bond donors (Lipinski definition) is 2. The van der Waals surface area contributed by atoms with Crippen LogP contribution in [0.15, 0.2) is 18.2 Å². The predicted octanol–water partition coefficient (Wildman–Crippen LogP) is 2.12. The minimum absolute atomic E-state index is 0.0324. The lowest BCUT2D eigenvalue weighted by atomic mass is 10.0. The van der Waals surface area contributed by atoms with Crippen molar-refractivity contribution in [1.29, 1.82) is 0 Å². The van der Waals surface area contributed by atoms with Crippen LogP contribution in [0.25, 0.3) is 0 Å². The van der Waals surface area contributed by atoms with Gasteiger partial charge in [0.05, 0.1) is 15.5 Å². The highest BCUT2D eigenvalue weighted by atomic mass is 35.5. The van der Waals surface area contributed by atoms with Crippen molar-refractivity contribution in [2.75, 3.05) is 13.1 Å². The van der Waals surface area contributed by atoms with Crippen molar-refractivity contribution < 1.29 is 19.6 Å². The molecule has 0 bridgehead atoms. The molecule has 1 aliphatic rings. The molecule has 8 nitrogen and oxygen atoms in total. The Hall–Kier alpha value is -2.35. The summed E-state index contributed by atoms with van der Waals surface area (Å²) in [7, 11) is 0. The largest absolute Gasteiger partial charge is 0.465 e. The summed E-state index contributed by atoms with van der Waals surface area (Å²) in [5.41, 5.74) is 0.0304. The third-order valence-electron chi connectivity index (χ3n) is 3.50. The highest BCUT2D eigenvalue weighted by molar-refractivity contribution is 6.34. The van der Waals surface area contributed by atoms with Gasteiger partial charge in [-0.3, -0.25) is 14.9 Å². The number of nitro benzene ring substituents is 1. The summed E-state index contributed by atoms with van der Waals surface area (Å²) >= 11 is 5.94. The van der Waals surface area contributed by atoms with Crippen LogP contribution in [0.3, 0.4) is 0 Å². The Morgan fingerprint density at radius 1 is 1.36 bits per heavy atom. The first-order chi connectivity index (χ1) is 10.4. The number of non-ortho nitro benzene ring substituents is 1.